The molecule has 0 aliphatic carbocycles. The molecule has 0 bridgehead atoms. The Kier molecular flexibility index (Phi) is 5.84. The van der Waals surface area contributed by atoms with Gasteiger partial charge in [-0.15, -0.1) is 0 Å². The van der Waals surface area contributed by atoms with Gasteiger partial charge in [-0.25, -0.2) is 9.97 Å². The summed E-state index contributed by atoms with van der Waals surface area (Å²) in [5.74, 6) is 1.27. The summed E-state index contributed by atoms with van der Waals surface area (Å²) < 4.78 is 0. The molecule has 1 aromatic heterocycles. The standard InChI is InChI=1S/C24H23ClN4O/c1-2-18(26)14-27-23-19-8-3-4-9-21(19)28-24(29-23)20-13-16(10-11-22(20)30)15-6-5-7-17(25)12-15/h3-13,18,30H,2,14,26H2,1H3,(H,27,28,29)/t18-/m1/s1. The summed E-state index contributed by atoms with van der Waals surface area (Å²) in [5.41, 5.74) is 9.30. The number of hydrogen-bond donors (Lipinski definition) is 3. The average molecular weight is 419 g/mol. The van der Waals surface area contributed by atoms with E-state index in [2.05, 4.69) is 12.2 Å². The second-order valence-electron chi connectivity index (χ2n) is 7.20. The Hall–Kier alpha value is -3.15. The third kappa shape index (κ3) is 4.22. The van der Waals surface area contributed by atoms with Gasteiger partial charge in [0.05, 0.1) is 11.1 Å². The molecule has 5 nitrogen and oxygen atoms in total. The zero-order valence-corrected chi connectivity index (χ0v) is 17.4. The number of hydrogen-bond acceptors (Lipinski definition) is 5. The highest BCUT2D eigenvalue weighted by atomic mass is 35.5. The van der Waals surface area contributed by atoms with Crippen molar-refractivity contribution in [1.82, 2.24) is 9.97 Å². The first-order chi connectivity index (χ1) is 14.5. The van der Waals surface area contributed by atoms with Crippen LogP contribution in [0, 0.1) is 0 Å². The van der Waals surface area contributed by atoms with Gasteiger partial charge < -0.3 is 16.2 Å². The Morgan fingerprint density at radius 3 is 2.60 bits per heavy atom. The predicted molar refractivity (Wildman–Crippen MR) is 124 cm³/mol. The highest BCUT2D eigenvalue weighted by Gasteiger charge is 2.14. The fraction of sp³-hybridized carbons (Fsp3) is 0.167. The number of anilines is 1. The number of halogens is 1. The van der Waals surface area contributed by atoms with Crippen molar-refractivity contribution in [3.63, 3.8) is 0 Å². The van der Waals surface area contributed by atoms with E-state index in [1.54, 1.807) is 6.07 Å². The summed E-state index contributed by atoms with van der Waals surface area (Å²) in [7, 11) is 0. The van der Waals surface area contributed by atoms with Crippen molar-refractivity contribution in [2.75, 3.05) is 11.9 Å². The minimum atomic E-state index is 0.0294. The van der Waals surface area contributed by atoms with E-state index in [1.165, 1.54) is 0 Å². The van der Waals surface area contributed by atoms with Crippen molar-refractivity contribution in [3.8, 4) is 28.3 Å². The highest BCUT2D eigenvalue weighted by molar-refractivity contribution is 6.30. The van der Waals surface area contributed by atoms with Crippen LogP contribution in [-0.4, -0.2) is 27.7 Å². The molecule has 0 aliphatic heterocycles. The van der Waals surface area contributed by atoms with Gasteiger partial charge in [-0.3, -0.25) is 0 Å². The van der Waals surface area contributed by atoms with E-state index in [9.17, 15) is 5.11 Å². The number of para-hydroxylation sites is 1. The largest absolute Gasteiger partial charge is 0.507 e. The van der Waals surface area contributed by atoms with Crippen LogP contribution in [0.1, 0.15) is 13.3 Å². The molecule has 4 N–H and O–H groups in total. The number of fused-ring (bicyclic) bond motifs is 1. The smallest absolute Gasteiger partial charge is 0.165 e. The molecule has 1 atom stereocenters. The van der Waals surface area contributed by atoms with Crippen molar-refractivity contribution in [1.29, 1.82) is 0 Å². The summed E-state index contributed by atoms with van der Waals surface area (Å²) in [4.78, 5) is 9.42. The number of aromatic nitrogens is 2. The highest BCUT2D eigenvalue weighted by Crippen LogP contribution is 2.34. The zero-order valence-electron chi connectivity index (χ0n) is 16.6. The molecule has 3 aromatic carbocycles. The van der Waals surface area contributed by atoms with E-state index in [0.717, 1.165) is 28.5 Å². The van der Waals surface area contributed by atoms with Crippen LogP contribution in [0.3, 0.4) is 0 Å². The van der Waals surface area contributed by atoms with Crippen LogP contribution in [0.15, 0.2) is 66.7 Å². The van der Waals surface area contributed by atoms with Gasteiger partial charge in [-0.05, 0) is 53.9 Å². The van der Waals surface area contributed by atoms with Gasteiger partial charge in [-0.2, -0.15) is 0 Å². The van der Waals surface area contributed by atoms with Gasteiger partial charge in [0.25, 0.3) is 0 Å². The van der Waals surface area contributed by atoms with Gasteiger partial charge in [0.1, 0.15) is 11.6 Å². The van der Waals surface area contributed by atoms with Crippen LogP contribution in [0.5, 0.6) is 5.75 Å². The van der Waals surface area contributed by atoms with Crippen LogP contribution < -0.4 is 11.1 Å². The molecule has 4 rings (SSSR count). The van der Waals surface area contributed by atoms with E-state index in [1.807, 2.05) is 60.7 Å². The Morgan fingerprint density at radius 1 is 1.00 bits per heavy atom. The third-order valence-electron chi connectivity index (χ3n) is 5.05. The fourth-order valence-electron chi connectivity index (χ4n) is 3.27. The first kappa shape index (κ1) is 20.1. The van der Waals surface area contributed by atoms with Crippen LogP contribution in [0.4, 0.5) is 5.82 Å². The van der Waals surface area contributed by atoms with E-state index in [-0.39, 0.29) is 11.8 Å². The summed E-state index contributed by atoms with van der Waals surface area (Å²) >= 11 is 6.15. The maximum Gasteiger partial charge on any atom is 0.165 e. The number of rotatable bonds is 6. The molecule has 0 fully saturated rings. The molecule has 30 heavy (non-hydrogen) atoms. The number of nitrogens with one attached hydrogen (secondary N) is 1. The second kappa shape index (κ2) is 8.69. The molecular formula is C24H23ClN4O. The van der Waals surface area contributed by atoms with Gasteiger partial charge in [0, 0.05) is 23.0 Å². The Labute approximate surface area is 180 Å². The van der Waals surface area contributed by atoms with Crippen LogP contribution >= 0.6 is 11.6 Å². The van der Waals surface area contributed by atoms with Crippen LogP contribution in [0.25, 0.3) is 33.4 Å². The van der Waals surface area contributed by atoms with Crippen LogP contribution in [-0.2, 0) is 0 Å². The Morgan fingerprint density at radius 2 is 1.80 bits per heavy atom. The van der Waals surface area contributed by atoms with Crippen molar-refractivity contribution >= 4 is 28.3 Å². The van der Waals surface area contributed by atoms with E-state index in [4.69, 9.17) is 27.3 Å². The van der Waals surface area contributed by atoms with Crippen molar-refractivity contribution in [2.45, 2.75) is 19.4 Å². The number of nitrogens with zero attached hydrogens (tertiary/aromatic N) is 2. The van der Waals surface area contributed by atoms with Crippen molar-refractivity contribution < 1.29 is 5.11 Å². The van der Waals surface area contributed by atoms with Crippen molar-refractivity contribution in [2.24, 2.45) is 5.73 Å². The molecule has 0 unspecified atom stereocenters. The molecule has 0 amide bonds. The molecule has 0 radical (unpaired) electrons. The maximum atomic E-state index is 10.6. The average Bonchev–Trinajstić information content (AvgIpc) is 2.77. The van der Waals surface area contributed by atoms with Crippen molar-refractivity contribution in [3.05, 3.63) is 71.8 Å². The normalized spacial score (nSPS) is 12.1. The Balaban J connectivity index is 1.82. The predicted octanol–water partition coefficient (Wildman–Crippen LogP) is 5.47. The number of phenolic OH excluding ortho intramolecular Hbond substituents is 1. The van der Waals surface area contributed by atoms with Gasteiger partial charge in [0.15, 0.2) is 5.82 Å². The quantitative estimate of drug-likeness (QED) is 0.386. The molecule has 4 aromatic rings. The fourth-order valence-corrected chi connectivity index (χ4v) is 3.46. The number of aromatic hydroxyl groups is 1. The first-order valence-electron chi connectivity index (χ1n) is 9.90. The minimum absolute atomic E-state index is 0.0294. The summed E-state index contributed by atoms with van der Waals surface area (Å²) in [6.45, 7) is 2.65. The number of phenols is 1. The van der Waals surface area contributed by atoms with E-state index >= 15 is 0 Å². The zero-order chi connectivity index (χ0) is 21.1. The van der Waals surface area contributed by atoms with E-state index in [0.29, 0.717) is 28.8 Å². The molecule has 1 heterocycles. The second-order valence-corrected chi connectivity index (χ2v) is 7.64. The minimum Gasteiger partial charge on any atom is -0.507 e. The molecule has 0 spiro atoms. The number of benzene rings is 3. The molecule has 152 valence electrons. The third-order valence-corrected chi connectivity index (χ3v) is 5.29. The van der Waals surface area contributed by atoms with Crippen LogP contribution in [0.2, 0.25) is 5.02 Å². The SMILES string of the molecule is CC[C@@H](N)CNc1nc(-c2cc(-c3cccc(Cl)c3)ccc2O)nc2ccccc12. The van der Waals surface area contributed by atoms with Gasteiger partial charge in [-0.1, -0.05) is 48.9 Å². The van der Waals surface area contributed by atoms with Gasteiger partial charge >= 0.3 is 0 Å². The lowest BCUT2D eigenvalue weighted by Crippen LogP contribution is -2.28. The molecule has 0 saturated heterocycles. The lowest BCUT2D eigenvalue weighted by Gasteiger charge is -2.14. The molecule has 0 saturated carbocycles. The molecule has 6 heteroatoms. The Bertz CT molecular complexity index is 1190. The lowest BCUT2D eigenvalue weighted by molar-refractivity contribution is 0.477. The number of nitrogens with two attached hydrogens (primary N) is 1. The first-order valence-corrected chi connectivity index (χ1v) is 10.3. The monoisotopic (exact) mass is 418 g/mol. The van der Waals surface area contributed by atoms with E-state index < -0.39 is 0 Å². The topological polar surface area (TPSA) is 84.1 Å². The molecular weight excluding hydrogens is 396 g/mol. The summed E-state index contributed by atoms with van der Waals surface area (Å²) in [5, 5.41) is 15.5. The molecule has 0 aliphatic rings. The lowest BCUT2D eigenvalue weighted by atomic mass is 10.0. The van der Waals surface area contributed by atoms with Gasteiger partial charge in [0.2, 0.25) is 0 Å². The summed E-state index contributed by atoms with van der Waals surface area (Å²) in [6, 6.07) is 20.8. The maximum absolute atomic E-state index is 10.6. The summed E-state index contributed by atoms with van der Waals surface area (Å²) in [6.07, 6.45) is 0.866.